The molecule has 6 heteroatoms. The Bertz CT molecular complexity index is 947. The number of benzene rings is 1. The summed E-state index contributed by atoms with van der Waals surface area (Å²) in [6.07, 6.45) is 5.69. The van der Waals surface area contributed by atoms with E-state index >= 15 is 0 Å². The monoisotopic (exact) mass is 322 g/mol. The van der Waals surface area contributed by atoms with Gasteiger partial charge in [0.15, 0.2) is 10.6 Å². The second kappa shape index (κ2) is 5.73. The van der Waals surface area contributed by atoms with Crippen molar-refractivity contribution < 1.29 is 4.42 Å². The SMILES string of the molecule is S=c1[nH]nc(-c2ccc(-n3cccc3)cc2)n1Cc1ccco1. The van der Waals surface area contributed by atoms with Gasteiger partial charge in [-0.05, 0) is 60.7 Å². The van der Waals surface area contributed by atoms with Gasteiger partial charge in [0.25, 0.3) is 0 Å². The third-order valence-electron chi connectivity index (χ3n) is 3.68. The van der Waals surface area contributed by atoms with Crippen LogP contribution in [0.2, 0.25) is 0 Å². The first-order valence-electron chi connectivity index (χ1n) is 7.22. The van der Waals surface area contributed by atoms with Gasteiger partial charge in [0.2, 0.25) is 0 Å². The fourth-order valence-corrected chi connectivity index (χ4v) is 2.73. The summed E-state index contributed by atoms with van der Waals surface area (Å²) in [7, 11) is 0. The molecule has 0 radical (unpaired) electrons. The van der Waals surface area contributed by atoms with Crippen molar-refractivity contribution in [3.05, 3.63) is 77.7 Å². The van der Waals surface area contributed by atoms with Gasteiger partial charge in [0, 0.05) is 23.6 Å². The lowest BCUT2D eigenvalue weighted by Crippen LogP contribution is -2.01. The smallest absolute Gasteiger partial charge is 0.195 e. The zero-order valence-electron chi connectivity index (χ0n) is 12.2. The maximum Gasteiger partial charge on any atom is 0.195 e. The number of aromatic nitrogens is 4. The molecule has 0 aliphatic heterocycles. The number of rotatable bonds is 4. The van der Waals surface area contributed by atoms with Crippen molar-refractivity contribution in [3.8, 4) is 17.1 Å². The highest BCUT2D eigenvalue weighted by Gasteiger charge is 2.10. The molecule has 0 aliphatic rings. The molecular formula is C17H14N4OS. The molecule has 4 aromatic rings. The van der Waals surface area contributed by atoms with Gasteiger partial charge in [-0.25, -0.2) is 0 Å². The zero-order valence-corrected chi connectivity index (χ0v) is 13.0. The predicted octanol–water partition coefficient (Wildman–Crippen LogP) is 4.04. The Hall–Kier alpha value is -2.86. The topological polar surface area (TPSA) is 51.7 Å². The van der Waals surface area contributed by atoms with Gasteiger partial charge < -0.3 is 8.98 Å². The van der Waals surface area contributed by atoms with Gasteiger partial charge in [-0.2, -0.15) is 5.10 Å². The second-order valence-electron chi connectivity index (χ2n) is 5.16. The van der Waals surface area contributed by atoms with Gasteiger partial charge in [-0.15, -0.1) is 0 Å². The second-order valence-corrected chi connectivity index (χ2v) is 5.54. The molecule has 0 spiro atoms. The van der Waals surface area contributed by atoms with Crippen LogP contribution < -0.4 is 0 Å². The Kier molecular flexibility index (Phi) is 3.44. The Morgan fingerprint density at radius 3 is 2.52 bits per heavy atom. The lowest BCUT2D eigenvalue weighted by atomic mass is 10.2. The number of H-pyrrole nitrogens is 1. The maximum atomic E-state index is 5.41. The summed E-state index contributed by atoms with van der Waals surface area (Å²) in [4.78, 5) is 0. The van der Waals surface area contributed by atoms with E-state index in [1.807, 2.05) is 53.4 Å². The molecule has 5 nitrogen and oxygen atoms in total. The molecule has 0 saturated carbocycles. The van der Waals surface area contributed by atoms with Crippen LogP contribution in [0.5, 0.6) is 0 Å². The molecule has 1 N–H and O–H groups in total. The summed E-state index contributed by atoms with van der Waals surface area (Å²) in [6.45, 7) is 0.553. The minimum absolute atomic E-state index is 0.553. The van der Waals surface area contributed by atoms with E-state index < -0.39 is 0 Å². The number of hydrogen-bond donors (Lipinski definition) is 1. The molecule has 0 bridgehead atoms. The van der Waals surface area contributed by atoms with Crippen LogP contribution in [-0.4, -0.2) is 19.3 Å². The van der Waals surface area contributed by atoms with E-state index in [4.69, 9.17) is 16.6 Å². The molecular weight excluding hydrogens is 308 g/mol. The minimum Gasteiger partial charge on any atom is -0.467 e. The van der Waals surface area contributed by atoms with Crippen molar-refractivity contribution in [1.82, 2.24) is 19.3 Å². The average molecular weight is 322 g/mol. The van der Waals surface area contributed by atoms with Crippen molar-refractivity contribution in [2.24, 2.45) is 0 Å². The first-order chi connectivity index (χ1) is 11.3. The van der Waals surface area contributed by atoms with E-state index in [1.54, 1.807) is 6.26 Å². The van der Waals surface area contributed by atoms with Gasteiger partial charge in [-0.1, -0.05) is 0 Å². The van der Waals surface area contributed by atoms with Gasteiger partial charge in [-0.3, -0.25) is 9.67 Å². The maximum absolute atomic E-state index is 5.41. The molecule has 0 aliphatic carbocycles. The molecule has 4 rings (SSSR count). The number of hydrogen-bond acceptors (Lipinski definition) is 3. The fourth-order valence-electron chi connectivity index (χ4n) is 2.53. The lowest BCUT2D eigenvalue weighted by molar-refractivity contribution is 0.493. The molecule has 1 aromatic carbocycles. The van der Waals surface area contributed by atoms with Crippen LogP contribution in [0.4, 0.5) is 0 Å². The molecule has 0 fully saturated rings. The summed E-state index contributed by atoms with van der Waals surface area (Å²) in [6, 6.07) is 16.0. The quantitative estimate of drug-likeness (QED) is 0.577. The summed E-state index contributed by atoms with van der Waals surface area (Å²) < 4.78 is 9.97. The Labute approximate surface area is 137 Å². The number of nitrogens with one attached hydrogen (secondary N) is 1. The molecule has 23 heavy (non-hydrogen) atoms. The van der Waals surface area contributed by atoms with Crippen molar-refractivity contribution >= 4 is 12.2 Å². The largest absolute Gasteiger partial charge is 0.467 e. The predicted molar refractivity (Wildman–Crippen MR) is 90.0 cm³/mol. The third-order valence-corrected chi connectivity index (χ3v) is 3.99. The molecule has 0 unspecified atom stereocenters. The standard InChI is InChI=1S/C17H14N4OS/c23-17-19-18-16(21(17)12-15-4-3-11-22-15)13-5-7-14(8-6-13)20-9-1-2-10-20/h1-11H,12H2,(H,19,23). The number of nitrogens with zero attached hydrogens (tertiary/aromatic N) is 3. The molecule has 0 saturated heterocycles. The van der Waals surface area contributed by atoms with Crippen LogP contribution in [0, 0.1) is 4.77 Å². The van der Waals surface area contributed by atoms with E-state index in [0.717, 1.165) is 22.8 Å². The van der Waals surface area contributed by atoms with E-state index in [-0.39, 0.29) is 0 Å². The first-order valence-corrected chi connectivity index (χ1v) is 7.63. The molecule has 114 valence electrons. The summed E-state index contributed by atoms with van der Waals surface area (Å²) >= 11 is 5.34. The van der Waals surface area contributed by atoms with E-state index in [9.17, 15) is 0 Å². The fraction of sp³-hybridized carbons (Fsp3) is 0.0588. The average Bonchev–Trinajstić information content (AvgIpc) is 3.32. The molecule has 3 aromatic heterocycles. The Morgan fingerprint density at radius 1 is 1.04 bits per heavy atom. The highest BCUT2D eigenvalue weighted by atomic mass is 32.1. The third kappa shape index (κ3) is 2.64. The van der Waals surface area contributed by atoms with Crippen molar-refractivity contribution in [3.63, 3.8) is 0 Å². The normalized spacial score (nSPS) is 11.0. The van der Waals surface area contributed by atoms with E-state index in [2.05, 4.69) is 26.9 Å². The van der Waals surface area contributed by atoms with Crippen molar-refractivity contribution in [1.29, 1.82) is 0 Å². The van der Waals surface area contributed by atoms with Crippen LogP contribution in [0.1, 0.15) is 5.76 Å². The van der Waals surface area contributed by atoms with Crippen molar-refractivity contribution in [2.75, 3.05) is 0 Å². The Morgan fingerprint density at radius 2 is 1.83 bits per heavy atom. The van der Waals surface area contributed by atoms with Crippen molar-refractivity contribution in [2.45, 2.75) is 6.54 Å². The zero-order chi connectivity index (χ0) is 15.6. The van der Waals surface area contributed by atoms with E-state index in [1.165, 1.54) is 0 Å². The molecule has 0 amide bonds. The van der Waals surface area contributed by atoms with Gasteiger partial charge >= 0.3 is 0 Å². The number of furan rings is 1. The molecule has 3 heterocycles. The molecule has 0 atom stereocenters. The number of aromatic amines is 1. The van der Waals surface area contributed by atoms with Crippen LogP contribution in [0.25, 0.3) is 17.1 Å². The summed E-state index contributed by atoms with van der Waals surface area (Å²) in [5, 5.41) is 7.22. The highest BCUT2D eigenvalue weighted by Crippen LogP contribution is 2.20. The van der Waals surface area contributed by atoms with Gasteiger partial charge in [0.05, 0.1) is 12.8 Å². The van der Waals surface area contributed by atoms with Crippen LogP contribution in [-0.2, 0) is 6.54 Å². The minimum atomic E-state index is 0.553. The van der Waals surface area contributed by atoms with Crippen LogP contribution >= 0.6 is 12.2 Å². The first kappa shape index (κ1) is 13.8. The van der Waals surface area contributed by atoms with Crippen LogP contribution in [0.3, 0.4) is 0 Å². The highest BCUT2D eigenvalue weighted by molar-refractivity contribution is 7.71. The van der Waals surface area contributed by atoms with Gasteiger partial charge in [0.1, 0.15) is 5.76 Å². The summed E-state index contributed by atoms with van der Waals surface area (Å²) in [5.41, 5.74) is 2.10. The Balaban J connectivity index is 1.69. The van der Waals surface area contributed by atoms with Crippen LogP contribution in [0.15, 0.2) is 71.6 Å². The summed E-state index contributed by atoms with van der Waals surface area (Å²) in [5.74, 6) is 1.64. The van der Waals surface area contributed by atoms with E-state index in [0.29, 0.717) is 11.3 Å². The lowest BCUT2D eigenvalue weighted by Gasteiger charge is -2.07.